The molecule has 2 atom stereocenters. The molecule has 0 aromatic carbocycles. The van der Waals surface area contributed by atoms with Crippen molar-refractivity contribution in [2.75, 3.05) is 0 Å². The van der Waals surface area contributed by atoms with E-state index in [-0.39, 0.29) is 12.1 Å². The molecule has 1 rings (SSSR count). The van der Waals surface area contributed by atoms with Crippen molar-refractivity contribution in [2.45, 2.75) is 38.7 Å². The molecule has 0 radical (unpaired) electrons. The van der Waals surface area contributed by atoms with E-state index < -0.39 is 5.41 Å². The predicted molar refractivity (Wildman–Crippen MR) is 52.3 cm³/mol. The topological polar surface area (TPSA) is 50.1 Å². The number of carbonyl (C=O) groups is 1. The third kappa shape index (κ3) is 1.95. The van der Waals surface area contributed by atoms with Crippen LogP contribution in [0.5, 0.6) is 0 Å². The Kier molecular flexibility index (Phi) is 3.29. The third-order valence-electron chi connectivity index (χ3n) is 2.75. The number of carbonyl (C=O) groups excluding carboxylic acids is 1. The van der Waals surface area contributed by atoms with Crippen LogP contribution in [0.3, 0.4) is 0 Å². The molecule has 2 unspecified atom stereocenters. The minimum absolute atomic E-state index is 0.247. The summed E-state index contributed by atoms with van der Waals surface area (Å²) in [7, 11) is 0. The largest absolute Gasteiger partial charge is 0.461 e. The third-order valence-corrected chi connectivity index (χ3v) is 2.75. The van der Waals surface area contributed by atoms with E-state index in [1.807, 2.05) is 0 Å². The Balaban J connectivity index is 2.78. The van der Waals surface area contributed by atoms with Gasteiger partial charge in [-0.1, -0.05) is 6.08 Å². The first-order chi connectivity index (χ1) is 6.64. The van der Waals surface area contributed by atoms with Crippen molar-refractivity contribution in [3.8, 4) is 6.07 Å². The molecule has 0 aliphatic heterocycles. The van der Waals surface area contributed by atoms with Crippen molar-refractivity contribution in [3.05, 3.63) is 12.7 Å². The van der Waals surface area contributed by atoms with Crippen molar-refractivity contribution in [2.24, 2.45) is 5.41 Å². The molecule has 0 aromatic heterocycles. The highest BCUT2D eigenvalue weighted by molar-refractivity contribution is 5.66. The lowest BCUT2D eigenvalue weighted by atomic mass is 9.82. The van der Waals surface area contributed by atoms with Gasteiger partial charge in [-0.3, -0.25) is 4.79 Å². The van der Waals surface area contributed by atoms with Crippen molar-refractivity contribution in [3.63, 3.8) is 0 Å². The average Bonchev–Trinajstić information content (AvgIpc) is 2.49. The molecule has 0 spiro atoms. The monoisotopic (exact) mass is 193 g/mol. The SMILES string of the molecule is C=CCC1(C#N)CCCC1OC(C)=O. The van der Waals surface area contributed by atoms with Crippen LogP contribution >= 0.6 is 0 Å². The summed E-state index contributed by atoms with van der Waals surface area (Å²) < 4.78 is 5.16. The minimum atomic E-state index is -0.520. The Morgan fingerprint density at radius 3 is 3.07 bits per heavy atom. The van der Waals surface area contributed by atoms with Crippen LogP contribution in [-0.2, 0) is 9.53 Å². The number of nitrogens with zero attached hydrogens (tertiary/aromatic N) is 1. The van der Waals surface area contributed by atoms with Crippen LogP contribution in [-0.4, -0.2) is 12.1 Å². The summed E-state index contributed by atoms with van der Waals surface area (Å²) in [5.41, 5.74) is -0.520. The van der Waals surface area contributed by atoms with Crippen LogP contribution < -0.4 is 0 Å². The number of nitriles is 1. The number of rotatable bonds is 3. The molecule has 1 aliphatic carbocycles. The van der Waals surface area contributed by atoms with Gasteiger partial charge in [0.25, 0.3) is 0 Å². The first kappa shape index (κ1) is 10.8. The van der Waals surface area contributed by atoms with Crippen molar-refractivity contribution in [1.29, 1.82) is 5.26 Å². The average molecular weight is 193 g/mol. The molecule has 1 fully saturated rings. The smallest absolute Gasteiger partial charge is 0.302 e. The van der Waals surface area contributed by atoms with Crippen LogP contribution in [0.25, 0.3) is 0 Å². The van der Waals surface area contributed by atoms with Crippen molar-refractivity contribution in [1.82, 2.24) is 0 Å². The zero-order chi connectivity index (χ0) is 10.6. The zero-order valence-electron chi connectivity index (χ0n) is 8.45. The lowest BCUT2D eigenvalue weighted by Crippen LogP contribution is -2.31. The fraction of sp³-hybridized carbons (Fsp3) is 0.636. The highest BCUT2D eigenvalue weighted by Crippen LogP contribution is 2.42. The van der Waals surface area contributed by atoms with Gasteiger partial charge >= 0.3 is 5.97 Å². The second-order valence-corrected chi connectivity index (χ2v) is 3.75. The molecule has 0 saturated heterocycles. The second-order valence-electron chi connectivity index (χ2n) is 3.75. The van der Waals surface area contributed by atoms with Gasteiger partial charge in [0.15, 0.2) is 0 Å². The summed E-state index contributed by atoms with van der Waals surface area (Å²) in [5, 5.41) is 9.14. The molecule has 3 heteroatoms. The molecular weight excluding hydrogens is 178 g/mol. The fourth-order valence-corrected chi connectivity index (χ4v) is 2.08. The molecule has 0 aromatic rings. The predicted octanol–water partition coefficient (Wildman–Crippen LogP) is 2.19. The van der Waals surface area contributed by atoms with E-state index in [9.17, 15) is 4.79 Å². The van der Waals surface area contributed by atoms with Gasteiger partial charge in [0.05, 0.1) is 11.5 Å². The molecule has 0 amide bonds. The van der Waals surface area contributed by atoms with E-state index in [1.54, 1.807) is 6.08 Å². The fourth-order valence-electron chi connectivity index (χ4n) is 2.08. The van der Waals surface area contributed by atoms with E-state index in [0.717, 1.165) is 19.3 Å². The van der Waals surface area contributed by atoms with Crippen LogP contribution in [0.4, 0.5) is 0 Å². The Morgan fingerprint density at radius 2 is 2.57 bits per heavy atom. The van der Waals surface area contributed by atoms with E-state index in [2.05, 4.69) is 12.6 Å². The van der Waals surface area contributed by atoms with Gasteiger partial charge in [-0.15, -0.1) is 6.58 Å². The quantitative estimate of drug-likeness (QED) is 0.510. The van der Waals surface area contributed by atoms with Gasteiger partial charge in [0.1, 0.15) is 6.10 Å². The van der Waals surface area contributed by atoms with Gasteiger partial charge in [0, 0.05) is 6.92 Å². The van der Waals surface area contributed by atoms with Gasteiger partial charge in [0.2, 0.25) is 0 Å². The summed E-state index contributed by atoms with van der Waals surface area (Å²) in [6, 6.07) is 2.29. The maximum Gasteiger partial charge on any atom is 0.302 e. The molecule has 3 nitrogen and oxygen atoms in total. The highest BCUT2D eigenvalue weighted by Gasteiger charge is 2.44. The Hall–Kier alpha value is -1.30. The van der Waals surface area contributed by atoms with Crippen LogP contribution in [0.1, 0.15) is 32.6 Å². The second kappa shape index (κ2) is 4.28. The van der Waals surface area contributed by atoms with E-state index in [1.165, 1.54) is 6.92 Å². The number of esters is 1. The van der Waals surface area contributed by atoms with Crippen LogP contribution in [0, 0.1) is 16.7 Å². The minimum Gasteiger partial charge on any atom is -0.461 e. The van der Waals surface area contributed by atoms with Crippen molar-refractivity contribution >= 4 is 5.97 Å². The molecular formula is C11H15NO2. The summed E-state index contributed by atoms with van der Waals surface area (Å²) in [4.78, 5) is 10.9. The summed E-state index contributed by atoms with van der Waals surface area (Å²) in [6.07, 6.45) is 4.61. The van der Waals surface area contributed by atoms with E-state index >= 15 is 0 Å². The maximum atomic E-state index is 10.9. The van der Waals surface area contributed by atoms with E-state index in [0.29, 0.717) is 6.42 Å². The van der Waals surface area contributed by atoms with Crippen LogP contribution in [0.2, 0.25) is 0 Å². The highest BCUT2D eigenvalue weighted by atomic mass is 16.5. The Bertz CT molecular complexity index is 280. The Morgan fingerprint density at radius 1 is 1.86 bits per heavy atom. The number of allylic oxidation sites excluding steroid dienone is 1. The lowest BCUT2D eigenvalue weighted by molar-refractivity contribution is -0.149. The molecule has 0 N–H and O–H groups in total. The Labute approximate surface area is 84.4 Å². The first-order valence-electron chi connectivity index (χ1n) is 4.84. The maximum absolute atomic E-state index is 10.9. The van der Waals surface area contributed by atoms with Gasteiger partial charge in [-0.2, -0.15) is 5.26 Å². The first-order valence-corrected chi connectivity index (χ1v) is 4.84. The summed E-state index contributed by atoms with van der Waals surface area (Å²) in [6.45, 7) is 5.02. The van der Waals surface area contributed by atoms with Gasteiger partial charge < -0.3 is 4.74 Å². The van der Waals surface area contributed by atoms with Gasteiger partial charge in [-0.25, -0.2) is 0 Å². The molecule has 0 bridgehead atoms. The zero-order valence-corrected chi connectivity index (χ0v) is 8.45. The van der Waals surface area contributed by atoms with Gasteiger partial charge in [-0.05, 0) is 25.7 Å². The molecule has 1 saturated carbocycles. The molecule has 1 aliphatic rings. The normalized spacial score (nSPS) is 30.7. The molecule has 14 heavy (non-hydrogen) atoms. The summed E-state index contributed by atoms with van der Waals surface area (Å²) >= 11 is 0. The molecule has 0 heterocycles. The van der Waals surface area contributed by atoms with Crippen LogP contribution in [0.15, 0.2) is 12.7 Å². The lowest BCUT2D eigenvalue weighted by Gasteiger charge is -2.26. The van der Waals surface area contributed by atoms with Crippen molar-refractivity contribution < 1.29 is 9.53 Å². The standard InChI is InChI=1S/C11H15NO2/c1-3-6-11(8-12)7-4-5-10(11)14-9(2)13/h3,10H,1,4-7H2,2H3. The number of hydrogen-bond acceptors (Lipinski definition) is 3. The number of ether oxygens (including phenoxy) is 1. The van der Waals surface area contributed by atoms with E-state index in [4.69, 9.17) is 10.00 Å². The molecule has 76 valence electrons. The number of hydrogen-bond donors (Lipinski definition) is 0. The summed E-state index contributed by atoms with van der Waals surface area (Å²) in [5.74, 6) is -0.305.